The van der Waals surface area contributed by atoms with E-state index in [-0.39, 0.29) is 25.7 Å². The molecule has 3 unspecified atom stereocenters. The zero-order valence-corrected chi connectivity index (χ0v) is 66.4. The van der Waals surface area contributed by atoms with Crippen molar-refractivity contribution in [3.8, 4) is 0 Å². The lowest BCUT2D eigenvalue weighted by Gasteiger charge is -2.21. The van der Waals surface area contributed by atoms with Crippen molar-refractivity contribution in [3.63, 3.8) is 0 Å². The maximum atomic E-state index is 13.1. The van der Waals surface area contributed by atoms with Gasteiger partial charge in [-0.2, -0.15) is 0 Å². The normalized spacial score (nSPS) is 14.1. The van der Waals surface area contributed by atoms with Crippen molar-refractivity contribution in [2.75, 3.05) is 39.6 Å². The van der Waals surface area contributed by atoms with Crippen molar-refractivity contribution >= 4 is 39.5 Å². The first-order valence-electron chi connectivity index (χ1n) is 41.7. The molecule has 0 rings (SSSR count). The van der Waals surface area contributed by atoms with Gasteiger partial charge in [0.15, 0.2) is 12.2 Å². The number of ether oxygens (including phenoxy) is 4. The van der Waals surface area contributed by atoms with E-state index < -0.39 is 97.5 Å². The number of aliphatic hydroxyl groups is 1. The van der Waals surface area contributed by atoms with E-state index in [1.165, 1.54) is 250 Å². The molecule has 0 fully saturated rings. The summed E-state index contributed by atoms with van der Waals surface area (Å²) in [4.78, 5) is 73.0. The largest absolute Gasteiger partial charge is 0.472 e. The van der Waals surface area contributed by atoms with Gasteiger partial charge in [0.05, 0.1) is 26.4 Å². The number of carbonyl (C=O) groups is 4. The molecule has 6 atom stereocenters. The van der Waals surface area contributed by atoms with E-state index in [1.807, 2.05) is 0 Å². The van der Waals surface area contributed by atoms with Gasteiger partial charge in [-0.05, 0) is 31.6 Å². The van der Waals surface area contributed by atoms with Crippen LogP contribution in [0.4, 0.5) is 0 Å². The lowest BCUT2D eigenvalue weighted by Crippen LogP contribution is -2.30. The molecule has 0 aliphatic rings. The maximum absolute atomic E-state index is 13.1. The molecule has 0 heterocycles. The lowest BCUT2D eigenvalue weighted by atomic mass is 9.99. The summed E-state index contributed by atoms with van der Waals surface area (Å²) in [5, 5.41) is 10.6. The van der Waals surface area contributed by atoms with E-state index in [1.54, 1.807) is 0 Å². The van der Waals surface area contributed by atoms with Gasteiger partial charge in [-0.1, -0.05) is 375 Å². The Bertz CT molecular complexity index is 1890. The number of unbranched alkanes of at least 4 members (excludes halogenated alkanes) is 51. The van der Waals surface area contributed by atoms with Crippen LogP contribution >= 0.6 is 15.6 Å². The molecule has 0 saturated heterocycles. The van der Waals surface area contributed by atoms with Crippen molar-refractivity contribution in [1.29, 1.82) is 0 Å². The molecule has 0 bridgehead atoms. The summed E-state index contributed by atoms with van der Waals surface area (Å²) in [5.74, 6) is -1.30. The smallest absolute Gasteiger partial charge is 0.462 e. The minimum absolute atomic E-state index is 0.108. The van der Waals surface area contributed by atoms with Crippen LogP contribution in [0.25, 0.3) is 0 Å². The molecule has 99 heavy (non-hydrogen) atoms. The molecule has 0 aliphatic heterocycles. The summed E-state index contributed by atoms with van der Waals surface area (Å²) in [7, 11) is -9.92. The summed E-state index contributed by atoms with van der Waals surface area (Å²) in [6.45, 7) is 7.35. The number of esters is 4. The lowest BCUT2D eigenvalue weighted by molar-refractivity contribution is -0.161. The van der Waals surface area contributed by atoms with Crippen LogP contribution in [0.3, 0.4) is 0 Å². The molecule has 0 amide bonds. The molecular weight excluding hydrogens is 1290 g/mol. The molecule has 0 radical (unpaired) electrons. The van der Waals surface area contributed by atoms with Crippen LogP contribution in [-0.4, -0.2) is 96.7 Å². The molecule has 0 aliphatic carbocycles. The second-order valence-electron chi connectivity index (χ2n) is 29.1. The van der Waals surface area contributed by atoms with Gasteiger partial charge in [-0.3, -0.25) is 37.3 Å². The Balaban J connectivity index is 5.23. The Labute approximate surface area is 607 Å². The highest BCUT2D eigenvalue weighted by Crippen LogP contribution is 2.45. The molecule has 0 saturated carbocycles. The minimum atomic E-state index is -4.96. The fraction of sp³-hybridized carbons (Fsp3) is 0.950. The predicted octanol–water partition coefficient (Wildman–Crippen LogP) is 24.0. The molecule has 19 heteroatoms. The summed E-state index contributed by atoms with van der Waals surface area (Å²) >= 11 is 0. The fourth-order valence-electron chi connectivity index (χ4n) is 12.4. The van der Waals surface area contributed by atoms with E-state index in [9.17, 15) is 43.2 Å². The molecule has 588 valence electrons. The maximum Gasteiger partial charge on any atom is 0.472 e. The number of phosphoric acid groups is 2. The average molecular weight is 1450 g/mol. The number of phosphoric ester groups is 2. The van der Waals surface area contributed by atoms with Gasteiger partial charge >= 0.3 is 39.5 Å². The van der Waals surface area contributed by atoms with Gasteiger partial charge in [0.2, 0.25) is 0 Å². The quantitative estimate of drug-likeness (QED) is 0.0222. The molecule has 0 spiro atoms. The summed E-state index contributed by atoms with van der Waals surface area (Å²) in [6.07, 6.45) is 63.7. The number of hydrogen-bond acceptors (Lipinski definition) is 15. The van der Waals surface area contributed by atoms with Gasteiger partial charge in [-0.15, -0.1) is 0 Å². The molecule has 3 N–H and O–H groups in total. The Hall–Kier alpha value is -1.94. The Morgan fingerprint density at radius 2 is 0.485 bits per heavy atom. The third-order valence-corrected chi connectivity index (χ3v) is 21.0. The number of carbonyl (C=O) groups excluding carboxylic acids is 4. The van der Waals surface area contributed by atoms with E-state index >= 15 is 0 Å². The third-order valence-electron chi connectivity index (χ3n) is 19.1. The van der Waals surface area contributed by atoms with E-state index in [4.69, 9.17) is 37.0 Å². The summed E-state index contributed by atoms with van der Waals surface area (Å²) in [6, 6.07) is 0. The average Bonchev–Trinajstić information content (AvgIpc) is 1.00. The van der Waals surface area contributed by atoms with Gasteiger partial charge in [0, 0.05) is 25.7 Å². The van der Waals surface area contributed by atoms with Crippen molar-refractivity contribution in [1.82, 2.24) is 0 Å². The predicted molar refractivity (Wildman–Crippen MR) is 405 cm³/mol. The van der Waals surface area contributed by atoms with Crippen LogP contribution in [0.5, 0.6) is 0 Å². The highest BCUT2D eigenvalue weighted by atomic mass is 31.2. The molecule has 0 aromatic carbocycles. The van der Waals surface area contributed by atoms with E-state index in [0.29, 0.717) is 25.7 Å². The second kappa shape index (κ2) is 73.0. The monoisotopic (exact) mass is 1450 g/mol. The Morgan fingerprint density at radius 3 is 0.717 bits per heavy atom. The summed E-state index contributed by atoms with van der Waals surface area (Å²) in [5.41, 5.74) is 0. The van der Waals surface area contributed by atoms with Crippen LogP contribution in [0.2, 0.25) is 0 Å². The topological polar surface area (TPSA) is 237 Å². The highest BCUT2D eigenvalue weighted by molar-refractivity contribution is 7.47. The minimum Gasteiger partial charge on any atom is -0.462 e. The van der Waals surface area contributed by atoms with Crippen molar-refractivity contribution in [2.24, 2.45) is 5.92 Å². The third kappa shape index (κ3) is 72.8. The standard InChI is InChI=1S/C80H156O17P2/c1-6-10-13-16-19-22-25-27-29-30-31-32-33-34-36-39-46-51-56-61-66-80(85)97-76(70-91-78(83)64-59-54-49-44-41-40-42-47-52-57-62-73(5)9-4)72-95-99(88,89)93-68-74(81)67-92-98(86,87)94-71-75(69-90-77(82)63-58-53-48-43-37-24-21-18-15-12-8-3)96-79(84)65-60-55-50-45-38-35-28-26-23-20-17-14-11-7-2/h73-76,81H,6-72H2,1-5H3,(H,86,87)(H,88,89)/t73?,74-,75+,76+/m0/s1. The SMILES string of the molecule is CCCCCCCCCCCCCCCCCCCCCCC(=O)O[C@H](COC(=O)CCCCCCCCCCCCC(C)CC)COP(=O)(O)OC[C@@H](O)COP(=O)(O)OC[C@@H](COC(=O)CCCCCCCCCCCCC)OC(=O)CCCCCCCCCCCCCCCC. The van der Waals surface area contributed by atoms with Crippen LogP contribution in [0.15, 0.2) is 0 Å². The molecule has 0 aromatic heterocycles. The Morgan fingerprint density at radius 1 is 0.283 bits per heavy atom. The van der Waals surface area contributed by atoms with Gasteiger partial charge in [0.1, 0.15) is 19.3 Å². The zero-order valence-electron chi connectivity index (χ0n) is 64.6. The van der Waals surface area contributed by atoms with E-state index in [0.717, 1.165) is 95.8 Å². The fourth-order valence-corrected chi connectivity index (χ4v) is 14.0. The summed E-state index contributed by atoms with van der Waals surface area (Å²) < 4.78 is 68.7. The highest BCUT2D eigenvalue weighted by Gasteiger charge is 2.30. The first-order valence-corrected chi connectivity index (χ1v) is 44.7. The zero-order chi connectivity index (χ0) is 72.7. The first kappa shape index (κ1) is 97.1. The number of rotatable bonds is 80. The van der Waals surface area contributed by atoms with Crippen LogP contribution in [0, 0.1) is 5.92 Å². The molecule has 0 aromatic rings. The Kier molecular flexibility index (Phi) is 71.6. The van der Waals surface area contributed by atoms with Gasteiger partial charge < -0.3 is 33.8 Å². The molecular formula is C80H156O17P2. The number of hydrogen-bond donors (Lipinski definition) is 3. The van der Waals surface area contributed by atoms with Crippen molar-refractivity contribution in [3.05, 3.63) is 0 Å². The number of aliphatic hydroxyl groups excluding tert-OH is 1. The van der Waals surface area contributed by atoms with Crippen molar-refractivity contribution in [2.45, 2.75) is 445 Å². The van der Waals surface area contributed by atoms with Gasteiger partial charge in [-0.25, -0.2) is 9.13 Å². The van der Waals surface area contributed by atoms with Crippen LogP contribution in [0.1, 0.15) is 426 Å². The van der Waals surface area contributed by atoms with Gasteiger partial charge in [0.25, 0.3) is 0 Å². The molecule has 17 nitrogen and oxygen atoms in total. The van der Waals surface area contributed by atoms with Crippen LogP contribution in [-0.2, 0) is 65.4 Å². The van der Waals surface area contributed by atoms with Crippen molar-refractivity contribution < 1.29 is 80.2 Å². The van der Waals surface area contributed by atoms with Crippen LogP contribution < -0.4 is 0 Å². The van der Waals surface area contributed by atoms with E-state index in [2.05, 4.69) is 34.6 Å². The second-order valence-corrected chi connectivity index (χ2v) is 32.0. The first-order chi connectivity index (χ1) is 48.1.